The lowest BCUT2D eigenvalue weighted by Crippen LogP contribution is -2.33. The number of halogens is 2. The normalized spacial score (nSPS) is 14.9. The van der Waals surface area contributed by atoms with E-state index in [2.05, 4.69) is 15.2 Å². The molecule has 0 radical (unpaired) electrons. The molecule has 2 aromatic carbocycles. The van der Waals surface area contributed by atoms with Crippen molar-refractivity contribution in [1.29, 1.82) is 0 Å². The third-order valence-electron chi connectivity index (χ3n) is 5.41. The fourth-order valence-corrected chi connectivity index (χ4v) is 3.69. The molecule has 1 aliphatic rings. The maximum Gasteiger partial charge on any atom is 0.262 e. The van der Waals surface area contributed by atoms with E-state index in [-0.39, 0.29) is 12.4 Å². The number of hydrogen-bond acceptors (Lipinski definition) is 6. The Hall–Kier alpha value is -3.46. The van der Waals surface area contributed by atoms with Gasteiger partial charge in [0.25, 0.3) is 5.91 Å². The second kappa shape index (κ2) is 12.7. The Morgan fingerprint density at radius 3 is 2.62 bits per heavy atom. The van der Waals surface area contributed by atoms with Crippen LogP contribution in [0.3, 0.4) is 0 Å². The highest BCUT2D eigenvalue weighted by molar-refractivity contribution is 6.11. The van der Waals surface area contributed by atoms with Crippen LogP contribution < -0.4 is 20.5 Å². The number of amides is 1. The van der Waals surface area contributed by atoms with E-state index >= 15 is 0 Å². The third kappa shape index (κ3) is 7.28. The van der Waals surface area contributed by atoms with E-state index in [0.717, 1.165) is 31.8 Å². The largest absolute Gasteiger partial charge is 0.492 e. The van der Waals surface area contributed by atoms with Gasteiger partial charge in [-0.3, -0.25) is 14.7 Å². The van der Waals surface area contributed by atoms with Gasteiger partial charge in [-0.1, -0.05) is 6.42 Å². The number of hydrogen-bond donors (Lipinski definition) is 2. The molecule has 1 aliphatic heterocycles. The molecule has 0 unspecified atom stereocenters. The zero-order chi connectivity index (χ0) is 24.3. The fraction of sp³-hybridized carbons (Fsp3) is 0.360. The fourth-order valence-electron chi connectivity index (χ4n) is 3.69. The van der Waals surface area contributed by atoms with E-state index in [0.29, 0.717) is 29.3 Å². The summed E-state index contributed by atoms with van der Waals surface area (Å²) in [7, 11) is 1.65. The average Bonchev–Trinajstić information content (AvgIpc) is 2.85. The number of aliphatic imine (C=N–C) groups is 1. The van der Waals surface area contributed by atoms with E-state index in [1.165, 1.54) is 31.5 Å². The van der Waals surface area contributed by atoms with Crippen LogP contribution in [0.25, 0.3) is 0 Å². The zero-order valence-electron chi connectivity index (χ0n) is 19.2. The Morgan fingerprint density at radius 2 is 1.91 bits per heavy atom. The Balaban J connectivity index is 1.65. The molecule has 182 valence electrons. The van der Waals surface area contributed by atoms with Gasteiger partial charge in [0.05, 0.1) is 5.71 Å². The monoisotopic (exact) mass is 472 g/mol. The first kappa shape index (κ1) is 25.2. The molecule has 9 heteroatoms. The lowest BCUT2D eigenvalue weighted by Gasteiger charge is -2.26. The van der Waals surface area contributed by atoms with Crippen LogP contribution >= 0.6 is 0 Å². The van der Waals surface area contributed by atoms with Gasteiger partial charge in [-0.15, -0.1) is 0 Å². The van der Waals surface area contributed by atoms with Crippen LogP contribution in [0.2, 0.25) is 0 Å². The van der Waals surface area contributed by atoms with Crippen molar-refractivity contribution < 1.29 is 23.0 Å². The number of ether oxygens (including phenoxy) is 2. The molecule has 2 aromatic rings. The predicted molar refractivity (Wildman–Crippen MR) is 128 cm³/mol. The van der Waals surface area contributed by atoms with Crippen molar-refractivity contribution in [3.05, 3.63) is 65.9 Å². The molecule has 3 N–H and O–H groups in total. The number of anilines is 1. The topological polar surface area (TPSA) is 89.2 Å². The number of benzene rings is 2. The summed E-state index contributed by atoms with van der Waals surface area (Å²) in [5, 5.41) is 2.73. The minimum absolute atomic E-state index is 0.0562. The first-order valence-electron chi connectivity index (χ1n) is 11.2. The van der Waals surface area contributed by atoms with Crippen molar-refractivity contribution in [2.75, 3.05) is 45.2 Å². The average molecular weight is 473 g/mol. The Kier molecular flexibility index (Phi) is 9.40. The number of carbonyl (C=O) groups excluding carboxylic acids is 1. The molecule has 0 bridgehead atoms. The van der Waals surface area contributed by atoms with Crippen LogP contribution in [-0.4, -0.2) is 56.4 Å². The summed E-state index contributed by atoms with van der Waals surface area (Å²) < 4.78 is 37.6. The molecule has 34 heavy (non-hydrogen) atoms. The smallest absolute Gasteiger partial charge is 0.262 e. The van der Waals surface area contributed by atoms with Crippen LogP contribution in [0.4, 0.5) is 14.5 Å². The molecule has 1 heterocycles. The van der Waals surface area contributed by atoms with Crippen molar-refractivity contribution in [2.45, 2.75) is 19.3 Å². The Bertz CT molecular complexity index is 1040. The van der Waals surface area contributed by atoms with Gasteiger partial charge >= 0.3 is 0 Å². The van der Waals surface area contributed by atoms with E-state index < -0.39 is 17.5 Å². The number of likely N-dealkylation sites (tertiary alicyclic amines) is 1. The molecule has 1 amide bonds. The van der Waals surface area contributed by atoms with Crippen LogP contribution in [-0.2, 0) is 4.79 Å². The van der Waals surface area contributed by atoms with Crippen LogP contribution in [0.5, 0.6) is 11.5 Å². The minimum atomic E-state index is -1.04. The summed E-state index contributed by atoms with van der Waals surface area (Å²) in [6.45, 7) is 3.18. The van der Waals surface area contributed by atoms with Crippen LogP contribution in [0, 0.1) is 11.6 Å². The number of nitrogens with one attached hydrogen (secondary N) is 1. The van der Waals surface area contributed by atoms with Gasteiger partial charge in [0.15, 0.2) is 18.2 Å². The van der Waals surface area contributed by atoms with E-state index in [9.17, 15) is 13.6 Å². The molecule has 0 aliphatic carbocycles. The van der Waals surface area contributed by atoms with Gasteiger partial charge in [-0.05, 0) is 68.5 Å². The first-order chi connectivity index (χ1) is 16.5. The minimum Gasteiger partial charge on any atom is -0.492 e. The number of nitrogens with two attached hydrogens (primary N) is 1. The molecule has 1 fully saturated rings. The number of allylic oxidation sites excluding steroid dienone is 1. The van der Waals surface area contributed by atoms with E-state index in [1.54, 1.807) is 31.3 Å². The van der Waals surface area contributed by atoms with Gasteiger partial charge in [-0.2, -0.15) is 0 Å². The molecule has 1 saturated heterocycles. The molecule has 3 rings (SSSR count). The lowest BCUT2D eigenvalue weighted by atomic mass is 10.1. The molecular formula is C25H30F2N4O3. The van der Waals surface area contributed by atoms with E-state index in [1.807, 2.05) is 0 Å². The maximum absolute atomic E-state index is 13.3. The number of carbonyl (C=O) groups is 1. The highest BCUT2D eigenvalue weighted by Crippen LogP contribution is 2.25. The zero-order valence-corrected chi connectivity index (χ0v) is 19.2. The predicted octanol–water partition coefficient (Wildman–Crippen LogP) is 3.74. The van der Waals surface area contributed by atoms with Crippen LogP contribution in [0.1, 0.15) is 24.8 Å². The highest BCUT2D eigenvalue weighted by Gasteiger charge is 2.14. The van der Waals surface area contributed by atoms with Crippen molar-refractivity contribution in [2.24, 2.45) is 10.7 Å². The van der Waals surface area contributed by atoms with Gasteiger partial charge in [0, 0.05) is 30.9 Å². The highest BCUT2D eigenvalue weighted by atomic mass is 19.2. The second-order valence-corrected chi connectivity index (χ2v) is 7.84. The standard InChI is InChI=1S/C25H30F2N4O3/c1-29-23(9-10-28)20-15-18(5-8-24(20)33-14-13-31-11-3-2-4-12-31)30-25(32)17-34-19-6-7-21(26)22(27)16-19/h5-10,15-16H,2-4,11-14,17,28H2,1H3,(H,30,32). The molecular weight excluding hydrogens is 442 g/mol. The second-order valence-electron chi connectivity index (χ2n) is 7.84. The summed E-state index contributed by atoms with van der Waals surface area (Å²) in [6, 6.07) is 8.31. The van der Waals surface area contributed by atoms with E-state index in [4.69, 9.17) is 15.2 Å². The number of rotatable bonds is 10. The van der Waals surface area contributed by atoms with Gasteiger partial charge in [-0.25, -0.2) is 8.78 Å². The summed E-state index contributed by atoms with van der Waals surface area (Å²) >= 11 is 0. The summed E-state index contributed by atoms with van der Waals surface area (Å²) in [6.07, 6.45) is 6.76. The van der Waals surface area contributed by atoms with Crippen LogP contribution in [0.15, 0.2) is 53.7 Å². The molecule has 0 saturated carbocycles. The summed E-state index contributed by atoms with van der Waals surface area (Å²) in [5.74, 6) is -1.80. The number of piperidine rings is 1. The SMILES string of the molecule is CN=C(C=CN)c1cc(NC(=O)COc2ccc(F)c(F)c2)ccc1OCCN1CCCCC1. The first-order valence-corrected chi connectivity index (χ1v) is 11.2. The van der Waals surface area contributed by atoms with Crippen molar-refractivity contribution in [1.82, 2.24) is 4.90 Å². The third-order valence-corrected chi connectivity index (χ3v) is 5.41. The van der Waals surface area contributed by atoms with Crippen molar-refractivity contribution in [3.63, 3.8) is 0 Å². The van der Waals surface area contributed by atoms with Crippen molar-refractivity contribution in [3.8, 4) is 11.5 Å². The maximum atomic E-state index is 13.3. The molecule has 0 atom stereocenters. The Morgan fingerprint density at radius 1 is 1.12 bits per heavy atom. The quantitative estimate of drug-likeness (QED) is 0.515. The number of nitrogens with zero attached hydrogens (tertiary/aromatic N) is 2. The molecule has 0 aromatic heterocycles. The van der Waals surface area contributed by atoms with Gasteiger partial charge < -0.3 is 20.5 Å². The molecule has 0 spiro atoms. The van der Waals surface area contributed by atoms with Crippen molar-refractivity contribution >= 4 is 17.3 Å². The van der Waals surface area contributed by atoms with Gasteiger partial charge in [0.2, 0.25) is 0 Å². The molecule has 7 nitrogen and oxygen atoms in total. The summed E-state index contributed by atoms with van der Waals surface area (Å²) in [4.78, 5) is 19.0. The van der Waals surface area contributed by atoms with Gasteiger partial charge in [0.1, 0.15) is 18.1 Å². The Labute approximate surface area is 198 Å². The lowest BCUT2D eigenvalue weighted by molar-refractivity contribution is -0.118. The summed E-state index contributed by atoms with van der Waals surface area (Å²) in [5.41, 5.74) is 7.37.